The number of hydrogen-bond donors (Lipinski definition) is 1. The van der Waals surface area contributed by atoms with E-state index in [1.165, 1.54) is 0 Å². The van der Waals surface area contributed by atoms with E-state index in [2.05, 4.69) is 0 Å². The number of hydrogen-bond acceptors (Lipinski definition) is 2. The van der Waals surface area contributed by atoms with Crippen LogP contribution in [0.25, 0.3) is 0 Å². The molecule has 2 N–H and O–H groups in total. The molecule has 0 saturated heterocycles. The maximum atomic E-state index is 5.35. The van der Waals surface area contributed by atoms with Crippen molar-refractivity contribution in [1.29, 1.82) is 0 Å². The SMILES string of the molecule is CC(C)(C)N.CCOc1ccccc1. The smallest absolute Gasteiger partial charge is 0.119 e. The van der Waals surface area contributed by atoms with Crippen molar-refractivity contribution in [2.24, 2.45) is 5.73 Å². The van der Waals surface area contributed by atoms with E-state index in [1.54, 1.807) is 0 Å². The molecule has 2 nitrogen and oxygen atoms in total. The fraction of sp³-hybridized carbons (Fsp3) is 0.500. The highest BCUT2D eigenvalue weighted by Gasteiger charge is 1.95. The molecule has 0 unspecified atom stereocenters. The topological polar surface area (TPSA) is 35.2 Å². The van der Waals surface area contributed by atoms with Crippen molar-refractivity contribution in [2.45, 2.75) is 33.2 Å². The number of ether oxygens (including phenoxy) is 1. The van der Waals surface area contributed by atoms with Gasteiger partial charge in [-0.25, -0.2) is 0 Å². The van der Waals surface area contributed by atoms with E-state index in [9.17, 15) is 0 Å². The lowest BCUT2D eigenvalue weighted by Crippen LogP contribution is -2.26. The van der Waals surface area contributed by atoms with Gasteiger partial charge in [0.2, 0.25) is 0 Å². The van der Waals surface area contributed by atoms with Crippen LogP contribution in [0.3, 0.4) is 0 Å². The van der Waals surface area contributed by atoms with Gasteiger partial charge in [0.05, 0.1) is 6.61 Å². The summed E-state index contributed by atoms with van der Waals surface area (Å²) in [5, 5.41) is 0. The quantitative estimate of drug-likeness (QED) is 0.787. The number of nitrogens with two attached hydrogens (primary N) is 1. The van der Waals surface area contributed by atoms with E-state index in [-0.39, 0.29) is 5.54 Å². The molecule has 1 aromatic carbocycles. The molecule has 1 rings (SSSR count). The molecule has 0 spiro atoms. The molecule has 0 aliphatic carbocycles. The van der Waals surface area contributed by atoms with Gasteiger partial charge in [-0.05, 0) is 39.8 Å². The zero-order valence-corrected chi connectivity index (χ0v) is 9.58. The van der Waals surface area contributed by atoms with E-state index in [1.807, 2.05) is 58.0 Å². The Hall–Kier alpha value is -1.02. The molecule has 0 aliphatic heterocycles. The monoisotopic (exact) mass is 195 g/mol. The van der Waals surface area contributed by atoms with Gasteiger partial charge in [-0.2, -0.15) is 0 Å². The third-order valence-corrected chi connectivity index (χ3v) is 1.05. The lowest BCUT2D eigenvalue weighted by molar-refractivity contribution is 0.340. The van der Waals surface area contributed by atoms with Crippen LogP contribution >= 0.6 is 0 Å². The fourth-order valence-electron chi connectivity index (χ4n) is 0.683. The molecule has 0 fully saturated rings. The molecule has 0 saturated carbocycles. The predicted molar refractivity (Wildman–Crippen MR) is 61.6 cm³/mol. The molecule has 0 aliphatic rings. The fourth-order valence-corrected chi connectivity index (χ4v) is 0.683. The molecule has 1 aromatic rings. The molecule has 0 heterocycles. The Morgan fingerprint density at radius 3 is 1.93 bits per heavy atom. The van der Waals surface area contributed by atoms with Crippen molar-refractivity contribution < 1.29 is 4.74 Å². The van der Waals surface area contributed by atoms with Crippen LogP contribution in [0.5, 0.6) is 5.75 Å². The molecule has 0 atom stereocenters. The lowest BCUT2D eigenvalue weighted by Gasteiger charge is -2.06. The maximum absolute atomic E-state index is 5.35. The maximum Gasteiger partial charge on any atom is 0.119 e. The van der Waals surface area contributed by atoms with E-state index in [4.69, 9.17) is 10.5 Å². The van der Waals surface area contributed by atoms with E-state index in [0.717, 1.165) is 12.4 Å². The van der Waals surface area contributed by atoms with Gasteiger partial charge in [-0.1, -0.05) is 18.2 Å². The Morgan fingerprint density at radius 1 is 1.14 bits per heavy atom. The summed E-state index contributed by atoms with van der Waals surface area (Å²) in [6.07, 6.45) is 0. The van der Waals surface area contributed by atoms with Crippen LogP contribution in [0.2, 0.25) is 0 Å². The first-order valence-corrected chi connectivity index (χ1v) is 4.90. The zero-order chi connectivity index (χ0) is 11.0. The number of rotatable bonds is 2. The van der Waals surface area contributed by atoms with E-state index >= 15 is 0 Å². The second-order valence-corrected chi connectivity index (χ2v) is 4.11. The van der Waals surface area contributed by atoms with Gasteiger partial charge < -0.3 is 10.5 Å². The van der Waals surface area contributed by atoms with E-state index < -0.39 is 0 Å². The molecular formula is C12H21NO. The average molecular weight is 195 g/mol. The molecule has 80 valence electrons. The van der Waals surface area contributed by atoms with Crippen LogP contribution in [0, 0.1) is 0 Å². The van der Waals surface area contributed by atoms with Gasteiger partial charge >= 0.3 is 0 Å². The summed E-state index contributed by atoms with van der Waals surface area (Å²) in [6, 6.07) is 9.80. The molecule has 0 bridgehead atoms. The highest BCUT2D eigenvalue weighted by atomic mass is 16.5. The number of para-hydroxylation sites is 1. The van der Waals surface area contributed by atoms with Gasteiger partial charge in [-0.3, -0.25) is 0 Å². The van der Waals surface area contributed by atoms with Gasteiger partial charge in [0.1, 0.15) is 5.75 Å². The van der Waals surface area contributed by atoms with Crippen LogP contribution in [0.15, 0.2) is 30.3 Å². The van der Waals surface area contributed by atoms with Crippen LogP contribution in [0.1, 0.15) is 27.7 Å². The van der Waals surface area contributed by atoms with E-state index in [0.29, 0.717) is 0 Å². The summed E-state index contributed by atoms with van der Waals surface area (Å²) in [7, 11) is 0. The van der Waals surface area contributed by atoms with Crippen molar-refractivity contribution in [3.05, 3.63) is 30.3 Å². The standard InChI is InChI=1S/C8H10O.C4H11N/c1-2-9-8-6-4-3-5-7-8;1-4(2,3)5/h3-7H,2H2,1H3;5H2,1-3H3. The molecule has 0 amide bonds. The Morgan fingerprint density at radius 2 is 1.57 bits per heavy atom. The second kappa shape index (κ2) is 6.44. The minimum Gasteiger partial charge on any atom is -0.494 e. The Labute approximate surface area is 87.1 Å². The van der Waals surface area contributed by atoms with Crippen molar-refractivity contribution in [3.8, 4) is 5.75 Å². The summed E-state index contributed by atoms with van der Waals surface area (Å²) >= 11 is 0. The third-order valence-electron chi connectivity index (χ3n) is 1.05. The zero-order valence-electron chi connectivity index (χ0n) is 9.58. The largest absolute Gasteiger partial charge is 0.494 e. The van der Waals surface area contributed by atoms with Crippen molar-refractivity contribution >= 4 is 0 Å². The first kappa shape index (κ1) is 13.0. The summed E-state index contributed by atoms with van der Waals surface area (Å²) in [5.74, 6) is 0.944. The Kier molecular flexibility index (Phi) is 5.97. The molecule has 14 heavy (non-hydrogen) atoms. The molecule has 2 heteroatoms. The average Bonchev–Trinajstić information content (AvgIpc) is 2.03. The number of benzene rings is 1. The van der Waals surface area contributed by atoms with Crippen LogP contribution < -0.4 is 10.5 Å². The van der Waals surface area contributed by atoms with Crippen molar-refractivity contribution in [1.82, 2.24) is 0 Å². The van der Waals surface area contributed by atoms with Gasteiger partial charge in [0.15, 0.2) is 0 Å². The third kappa shape index (κ3) is 11.0. The second-order valence-electron chi connectivity index (χ2n) is 4.11. The molecule has 0 radical (unpaired) electrons. The van der Waals surface area contributed by atoms with Gasteiger partial charge in [0, 0.05) is 5.54 Å². The first-order valence-electron chi connectivity index (χ1n) is 4.90. The van der Waals surface area contributed by atoms with Gasteiger partial charge in [-0.15, -0.1) is 0 Å². The van der Waals surface area contributed by atoms with Crippen LogP contribution in [0.4, 0.5) is 0 Å². The highest BCUT2D eigenvalue weighted by molar-refractivity contribution is 5.20. The van der Waals surface area contributed by atoms with Crippen molar-refractivity contribution in [3.63, 3.8) is 0 Å². The molecular weight excluding hydrogens is 174 g/mol. The van der Waals surface area contributed by atoms with Crippen molar-refractivity contribution in [2.75, 3.05) is 6.61 Å². The summed E-state index contributed by atoms with van der Waals surface area (Å²) in [5.41, 5.74) is 5.35. The van der Waals surface area contributed by atoms with Gasteiger partial charge in [0.25, 0.3) is 0 Å². The molecule has 0 aromatic heterocycles. The normalized spacial score (nSPS) is 10.1. The minimum absolute atomic E-state index is 0. The summed E-state index contributed by atoms with van der Waals surface area (Å²) in [6.45, 7) is 8.62. The minimum atomic E-state index is 0. The summed E-state index contributed by atoms with van der Waals surface area (Å²) in [4.78, 5) is 0. The van der Waals surface area contributed by atoms with Crippen LogP contribution in [-0.4, -0.2) is 12.1 Å². The summed E-state index contributed by atoms with van der Waals surface area (Å²) < 4.78 is 5.21. The Bertz CT molecular complexity index is 220. The first-order chi connectivity index (χ1) is 6.43. The highest BCUT2D eigenvalue weighted by Crippen LogP contribution is 2.06. The van der Waals surface area contributed by atoms with Crippen LogP contribution in [-0.2, 0) is 0 Å². The Balaban J connectivity index is 0.000000292. The predicted octanol–water partition coefficient (Wildman–Crippen LogP) is 2.83. The lowest BCUT2D eigenvalue weighted by atomic mass is 10.1.